The van der Waals surface area contributed by atoms with Crippen LogP contribution in [0.3, 0.4) is 0 Å². The van der Waals surface area contributed by atoms with Crippen molar-refractivity contribution in [2.45, 2.75) is 20.0 Å². The van der Waals surface area contributed by atoms with E-state index in [1.54, 1.807) is 14.2 Å². The molecule has 0 bridgehead atoms. The Balaban J connectivity index is 0.00000529. The van der Waals surface area contributed by atoms with E-state index >= 15 is 0 Å². The summed E-state index contributed by atoms with van der Waals surface area (Å²) in [5.74, 6) is 1.63. The van der Waals surface area contributed by atoms with E-state index in [9.17, 15) is 0 Å². The minimum atomic E-state index is 0. The number of ether oxygens (including phenoxy) is 3. The van der Waals surface area contributed by atoms with E-state index in [2.05, 4.69) is 15.6 Å². The summed E-state index contributed by atoms with van der Waals surface area (Å²) in [4.78, 5) is 4.17. The molecule has 0 heterocycles. The summed E-state index contributed by atoms with van der Waals surface area (Å²) >= 11 is 0. The lowest BCUT2D eigenvalue weighted by Crippen LogP contribution is -2.39. The zero-order valence-corrected chi connectivity index (χ0v) is 17.2. The first-order valence-corrected chi connectivity index (χ1v) is 8.03. The molecule has 0 atom stereocenters. The fourth-order valence-electron chi connectivity index (χ4n) is 1.99. The molecule has 0 amide bonds. The van der Waals surface area contributed by atoms with E-state index in [1.165, 1.54) is 0 Å². The predicted octanol–water partition coefficient (Wildman–Crippen LogP) is 2.42. The van der Waals surface area contributed by atoms with Crippen LogP contribution in [0.4, 0.5) is 0 Å². The molecule has 0 aliphatic carbocycles. The monoisotopic (exact) mass is 451 g/mol. The smallest absolute Gasteiger partial charge is 0.191 e. The van der Waals surface area contributed by atoms with Gasteiger partial charge in [-0.3, -0.25) is 4.99 Å². The standard InChI is InChI=1S/C17H29N3O3.HI/c1-4-22-12-7-10-19-17(18-2)20-11-13-23-14-15-8-5-6-9-16(15)21-3;/h5-6,8-9H,4,7,10-14H2,1-3H3,(H2,18,19,20);1H. The summed E-state index contributed by atoms with van der Waals surface area (Å²) < 4.78 is 16.3. The maximum atomic E-state index is 5.67. The third-order valence-corrected chi connectivity index (χ3v) is 3.17. The molecule has 0 unspecified atom stereocenters. The quantitative estimate of drug-likeness (QED) is 0.234. The molecule has 0 aromatic heterocycles. The number of nitrogens with zero attached hydrogens (tertiary/aromatic N) is 1. The van der Waals surface area contributed by atoms with Crippen molar-refractivity contribution < 1.29 is 14.2 Å². The van der Waals surface area contributed by atoms with Crippen LogP contribution in [0.15, 0.2) is 29.3 Å². The molecule has 0 fully saturated rings. The zero-order valence-electron chi connectivity index (χ0n) is 14.8. The molecule has 1 rings (SSSR count). The molecule has 138 valence electrons. The Morgan fingerprint density at radius 3 is 2.54 bits per heavy atom. The Labute approximate surface area is 162 Å². The second-order valence-corrected chi connectivity index (χ2v) is 4.84. The van der Waals surface area contributed by atoms with Crippen LogP contribution in [0.25, 0.3) is 0 Å². The summed E-state index contributed by atoms with van der Waals surface area (Å²) in [6.45, 7) is 6.18. The van der Waals surface area contributed by atoms with Gasteiger partial charge in [0.1, 0.15) is 5.75 Å². The minimum absolute atomic E-state index is 0. The first-order chi connectivity index (χ1) is 11.3. The topological polar surface area (TPSA) is 64.1 Å². The lowest BCUT2D eigenvalue weighted by atomic mass is 10.2. The van der Waals surface area contributed by atoms with Gasteiger partial charge in [-0.15, -0.1) is 24.0 Å². The van der Waals surface area contributed by atoms with Gasteiger partial charge in [-0.05, 0) is 19.4 Å². The second-order valence-electron chi connectivity index (χ2n) is 4.84. The van der Waals surface area contributed by atoms with Gasteiger partial charge in [0.25, 0.3) is 0 Å². The first-order valence-electron chi connectivity index (χ1n) is 8.03. The van der Waals surface area contributed by atoms with Crippen molar-refractivity contribution in [3.8, 4) is 5.75 Å². The summed E-state index contributed by atoms with van der Waals surface area (Å²) in [5.41, 5.74) is 1.05. The number of para-hydroxylation sites is 1. The fraction of sp³-hybridized carbons (Fsp3) is 0.588. The van der Waals surface area contributed by atoms with Gasteiger partial charge in [0.05, 0.1) is 20.3 Å². The molecule has 2 N–H and O–H groups in total. The van der Waals surface area contributed by atoms with Crippen LogP contribution in [0, 0.1) is 0 Å². The third kappa shape index (κ3) is 9.94. The normalized spacial score (nSPS) is 10.9. The van der Waals surface area contributed by atoms with Crippen LogP contribution in [-0.2, 0) is 16.1 Å². The Morgan fingerprint density at radius 2 is 1.83 bits per heavy atom. The fourth-order valence-corrected chi connectivity index (χ4v) is 1.99. The van der Waals surface area contributed by atoms with E-state index in [0.717, 1.165) is 43.5 Å². The van der Waals surface area contributed by atoms with Crippen LogP contribution in [-0.4, -0.2) is 53.0 Å². The van der Waals surface area contributed by atoms with Crippen molar-refractivity contribution in [3.63, 3.8) is 0 Å². The average molecular weight is 451 g/mol. The molecule has 24 heavy (non-hydrogen) atoms. The van der Waals surface area contributed by atoms with E-state index in [-0.39, 0.29) is 24.0 Å². The summed E-state index contributed by atoms with van der Waals surface area (Å²) in [6.07, 6.45) is 0.957. The molecule has 0 aliphatic rings. The Morgan fingerprint density at radius 1 is 1.08 bits per heavy atom. The molecule has 6 nitrogen and oxygen atoms in total. The van der Waals surface area contributed by atoms with Gasteiger partial charge >= 0.3 is 0 Å². The number of nitrogens with one attached hydrogen (secondary N) is 2. The van der Waals surface area contributed by atoms with Crippen molar-refractivity contribution in [1.82, 2.24) is 10.6 Å². The van der Waals surface area contributed by atoms with Crippen LogP contribution >= 0.6 is 24.0 Å². The van der Waals surface area contributed by atoms with Gasteiger partial charge < -0.3 is 24.8 Å². The average Bonchev–Trinajstić information content (AvgIpc) is 2.59. The summed E-state index contributed by atoms with van der Waals surface area (Å²) in [7, 11) is 3.43. The van der Waals surface area contributed by atoms with E-state index in [1.807, 2.05) is 31.2 Å². The number of hydrogen-bond acceptors (Lipinski definition) is 4. The van der Waals surface area contributed by atoms with E-state index in [4.69, 9.17) is 14.2 Å². The SMILES string of the molecule is CCOCCCNC(=NC)NCCOCc1ccccc1OC.I. The molecular weight excluding hydrogens is 421 g/mol. The molecule has 7 heteroatoms. The highest BCUT2D eigenvalue weighted by atomic mass is 127. The molecule has 0 radical (unpaired) electrons. The van der Waals surface area contributed by atoms with Crippen LogP contribution < -0.4 is 15.4 Å². The van der Waals surface area contributed by atoms with Crippen LogP contribution in [0.5, 0.6) is 5.75 Å². The van der Waals surface area contributed by atoms with Crippen LogP contribution in [0.1, 0.15) is 18.9 Å². The third-order valence-electron chi connectivity index (χ3n) is 3.17. The van der Waals surface area contributed by atoms with Gasteiger partial charge in [-0.1, -0.05) is 18.2 Å². The number of halogens is 1. The number of methoxy groups -OCH3 is 1. The van der Waals surface area contributed by atoms with Gasteiger partial charge in [0.15, 0.2) is 5.96 Å². The maximum Gasteiger partial charge on any atom is 0.191 e. The van der Waals surface area contributed by atoms with Crippen molar-refractivity contribution in [2.75, 3.05) is 47.1 Å². The van der Waals surface area contributed by atoms with E-state index < -0.39 is 0 Å². The highest BCUT2D eigenvalue weighted by Crippen LogP contribution is 2.17. The van der Waals surface area contributed by atoms with Crippen molar-refractivity contribution in [2.24, 2.45) is 4.99 Å². The number of aliphatic imine (C=N–C) groups is 1. The second kappa shape index (κ2) is 15.5. The minimum Gasteiger partial charge on any atom is -0.496 e. The lowest BCUT2D eigenvalue weighted by Gasteiger charge is -2.12. The first kappa shape index (κ1) is 22.9. The number of rotatable bonds is 11. The highest BCUT2D eigenvalue weighted by Gasteiger charge is 2.01. The number of hydrogen-bond donors (Lipinski definition) is 2. The summed E-state index contributed by atoms with van der Waals surface area (Å²) in [5, 5.41) is 6.46. The number of benzene rings is 1. The van der Waals surface area contributed by atoms with E-state index in [0.29, 0.717) is 19.8 Å². The van der Waals surface area contributed by atoms with Crippen molar-refractivity contribution in [3.05, 3.63) is 29.8 Å². The number of guanidine groups is 1. The van der Waals surface area contributed by atoms with Crippen LogP contribution in [0.2, 0.25) is 0 Å². The highest BCUT2D eigenvalue weighted by molar-refractivity contribution is 14.0. The Hall–Kier alpha value is -1.06. The Bertz CT molecular complexity index is 458. The van der Waals surface area contributed by atoms with Gasteiger partial charge in [0.2, 0.25) is 0 Å². The molecule has 1 aromatic carbocycles. The molecule has 1 aromatic rings. The lowest BCUT2D eigenvalue weighted by molar-refractivity contribution is 0.123. The summed E-state index contributed by atoms with van der Waals surface area (Å²) in [6, 6.07) is 7.87. The molecule has 0 spiro atoms. The zero-order chi connectivity index (χ0) is 16.8. The largest absolute Gasteiger partial charge is 0.496 e. The Kier molecular flexibility index (Phi) is 14.8. The predicted molar refractivity (Wildman–Crippen MR) is 109 cm³/mol. The van der Waals surface area contributed by atoms with Crippen molar-refractivity contribution in [1.29, 1.82) is 0 Å². The molecule has 0 saturated carbocycles. The van der Waals surface area contributed by atoms with Crippen molar-refractivity contribution >= 4 is 29.9 Å². The molecular formula is C17H30IN3O3. The maximum absolute atomic E-state index is 5.67. The van der Waals surface area contributed by atoms with Gasteiger partial charge in [-0.2, -0.15) is 0 Å². The van der Waals surface area contributed by atoms with Gasteiger partial charge in [0, 0.05) is 38.9 Å². The van der Waals surface area contributed by atoms with Gasteiger partial charge in [-0.25, -0.2) is 0 Å². The molecule has 0 saturated heterocycles. The molecule has 0 aliphatic heterocycles.